The molecule has 0 aliphatic carbocycles. The molecule has 0 bridgehead atoms. The Morgan fingerprint density at radius 1 is 1.43 bits per heavy atom. The molecule has 1 N–H and O–H groups in total. The number of benzene rings is 1. The molecule has 1 unspecified atom stereocenters. The van der Waals surface area contributed by atoms with E-state index in [0.29, 0.717) is 19.4 Å². The van der Waals surface area contributed by atoms with E-state index in [2.05, 4.69) is 4.74 Å². The molecule has 1 amide bonds. The minimum absolute atomic E-state index is 0.00178. The maximum absolute atomic E-state index is 12.6. The van der Waals surface area contributed by atoms with Crippen molar-refractivity contribution in [2.24, 2.45) is 5.41 Å². The maximum Gasteiger partial charge on any atom is 0.387 e. The summed E-state index contributed by atoms with van der Waals surface area (Å²) in [6.45, 7) is -1.17. The Morgan fingerprint density at radius 2 is 2.13 bits per heavy atom. The van der Waals surface area contributed by atoms with Crippen LogP contribution in [0.15, 0.2) is 18.2 Å². The molecule has 0 spiro atoms. The molecule has 1 saturated heterocycles. The number of carbonyl (C=O) groups is 2. The number of likely N-dealkylation sites (tertiary alicyclic amines) is 1. The minimum Gasteiger partial charge on any atom is -0.481 e. The van der Waals surface area contributed by atoms with E-state index < -0.39 is 23.9 Å². The van der Waals surface area contributed by atoms with Crippen LogP contribution in [0.1, 0.15) is 30.1 Å². The quantitative estimate of drug-likeness (QED) is 0.907. The average Bonchev–Trinajstić information content (AvgIpc) is 2.48. The molecule has 1 aliphatic heterocycles. The molecule has 126 valence electrons. The average molecular weight is 348 g/mol. The van der Waals surface area contributed by atoms with Crippen LogP contribution in [0.25, 0.3) is 0 Å². The lowest BCUT2D eigenvalue weighted by molar-refractivity contribution is -0.150. The van der Waals surface area contributed by atoms with Gasteiger partial charge < -0.3 is 14.7 Å². The van der Waals surface area contributed by atoms with E-state index in [9.17, 15) is 23.5 Å². The summed E-state index contributed by atoms with van der Waals surface area (Å²) in [5.41, 5.74) is -1.16. The van der Waals surface area contributed by atoms with Gasteiger partial charge in [-0.3, -0.25) is 9.59 Å². The van der Waals surface area contributed by atoms with Crippen molar-refractivity contribution in [3.63, 3.8) is 0 Å². The van der Waals surface area contributed by atoms with Gasteiger partial charge >= 0.3 is 12.6 Å². The monoisotopic (exact) mass is 347 g/mol. The number of carboxylic acid groups (broad SMARTS) is 1. The van der Waals surface area contributed by atoms with Crippen molar-refractivity contribution in [1.29, 1.82) is 0 Å². The van der Waals surface area contributed by atoms with Crippen LogP contribution in [0.2, 0.25) is 5.02 Å². The standard InChI is InChI=1S/C15H16ClF2NO4/c1-15(13(21)22)5-2-6-19(8-15)12(20)10-7-9(16)3-4-11(10)23-14(17)18/h3-4,7,14H,2,5-6,8H2,1H3,(H,21,22). The van der Waals surface area contributed by atoms with Gasteiger partial charge in [-0.2, -0.15) is 8.78 Å². The van der Waals surface area contributed by atoms with E-state index in [-0.39, 0.29) is 22.9 Å². The first-order valence-electron chi connectivity index (χ1n) is 7.00. The molecule has 5 nitrogen and oxygen atoms in total. The lowest BCUT2D eigenvalue weighted by Crippen LogP contribution is -2.48. The fourth-order valence-electron chi connectivity index (χ4n) is 2.63. The fraction of sp³-hybridized carbons (Fsp3) is 0.467. The Kier molecular flexibility index (Phi) is 5.09. The number of rotatable bonds is 4. The Hall–Kier alpha value is -1.89. The van der Waals surface area contributed by atoms with Gasteiger partial charge in [0, 0.05) is 18.1 Å². The maximum atomic E-state index is 12.6. The zero-order valence-electron chi connectivity index (χ0n) is 12.4. The summed E-state index contributed by atoms with van der Waals surface area (Å²) in [6.07, 6.45) is 0.961. The van der Waals surface area contributed by atoms with Gasteiger partial charge in [0.1, 0.15) is 5.75 Å². The molecule has 23 heavy (non-hydrogen) atoms. The highest BCUT2D eigenvalue weighted by molar-refractivity contribution is 6.31. The number of carboxylic acids is 1. The van der Waals surface area contributed by atoms with E-state index in [4.69, 9.17) is 11.6 Å². The number of amides is 1. The lowest BCUT2D eigenvalue weighted by atomic mass is 9.82. The predicted molar refractivity (Wildman–Crippen MR) is 79.0 cm³/mol. The largest absolute Gasteiger partial charge is 0.481 e. The van der Waals surface area contributed by atoms with Gasteiger partial charge in [0.05, 0.1) is 11.0 Å². The highest BCUT2D eigenvalue weighted by Crippen LogP contribution is 2.32. The molecular formula is C15H16ClF2NO4. The number of aliphatic carboxylic acids is 1. The van der Waals surface area contributed by atoms with Gasteiger partial charge in [-0.15, -0.1) is 0 Å². The molecule has 0 radical (unpaired) electrons. The van der Waals surface area contributed by atoms with Crippen molar-refractivity contribution < 1.29 is 28.2 Å². The second kappa shape index (κ2) is 6.70. The van der Waals surface area contributed by atoms with Crippen LogP contribution in [-0.2, 0) is 4.79 Å². The van der Waals surface area contributed by atoms with Crippen LogP contribution in [0.3, 0.4) is 0 Å². The molecule has 1 atom stereocenters. The molecule has 0 saturated carbocycles. The highest BCUT2D eigenvalue weighted by atomic mass is 35.5. The summed E-state index contributed by atoms with van der Waals surface area (Å²) in [6, 6.07) is 3.78. The summed E-state index contributed by atoms with van der Waals surface area (Å²) in [4.78, 5) is 25.3. The third-order valence-corrected chi connectivity index (χ3v) is 4.12. The van der Waals surface area contributed by atoms with Crippen molar-refractivity contribution in [3.8, 4) is 5.75 Å². The number of alkyl halides is 2. The number of hydrogen-bond donors (Lipinski definition) is 1. The number of nitrogens with zero attached hydrogens (tertiary/aromatic N) is 1. The predicted octanol–water partition coefficient (Wildman–Crippen LogP) is 3.27. The number of ether oxygens (including phenoxy) is 1. The first-order chi connectivity index (χ1) is 10.7. The van der Waals surface area contributed by atoms with Gasteiger partial charge in [-0.25, -0.2) is 0 Å². The number of halogens is 3. The molecule has 1 heterocycles. The van der Waals surface area contributed by atoms with Crippen molar-refractivity contribution >= 4 is 23.5 Å². The van der Waals surface area contributed by atoms with Crippen LogP contribution in [0, 0.1) is 5.41 Å². The van der Waals surface area contributed by atoms with Crippen LogP contribution in [0.4, 0.5) is 8.78 Å². The lowest BCUT2D eigenvalue weighted by Gasteiger charge is -2.37. The Morgan fingerprint density at radius 3 is 2.74 bits per heavy atom. The second-order valence-electron chi connectivity index (χ2n) is 5.72. The first kappa shape index (κ1) is 17.5. The Balaban J connectivity index is 2.29. The van der Waals surface area contributed by atoms with Gasteiger partial charge in [-0.05, 0) is 38.0 Å². The van der Waals surface area contributed by atoms with Crippen LogP contribution >= 0.6 is 11.6 Å². The summed E-state index contributed by atoms with van der Waals surface area (Å²) in [5, 5.41) is 9.50. The zero-order chi connectivity index (χ0) is 17.2. The smallest absolute Gasteiger partial charge is 0.387 e. The van der Waals surface area contributed by atoms with Gasteiger partial charge in [0.15, 0.2) is 0 Å². The fourth-order valence-corrected chi connectivity index (χ4v) is 2.80. The number of carbonyl (C=O) groups excluding carboxylic acids is 1. The van der Waals surface area contributed by atoms with Crippen molar-refractivity contribution in [3.05, 3.63) is 28.8 Å². The summed E-state index contributed by atoms with van der Waals surface area (Å²) in [5.74, 6) is -1.85. The molecule has 1 aromatic carbocycles. The number of piperidine rings is 1. The van der Waals surface area contributed by atoms with Crippen molar-refractivity contribution in [1.82, 2.24) is 4.90 Å². The van der Waals surface area contributed by atoms with Crippen LogP contribution < -0.4 is 4.74 Å². The molecule has 2 rings (SSSR count). The van der Waals surface area contributed by atoms with Crippen LogP contribution in [-0.4, -0.2) is 41.6 Å². The molecule has 0 aromatic heterocycles. The Bertz CT molecular complexity index is 625. The molecule has 1 fully saturated rings. The van der Waals surface area contributed by atoms with Crippen molar-refractivity contribution in [2.75, 3.05) is 13.1 Å². The van der Waals surface area contributed by atoms with Gasteiger partial charge in [0.2, 0.25) is 0 Å². The van der Waals surface area contributed by atoms with E-state index in [1.807, 2.05) is 0 Å². The minimum atomic E-state index is -3.08. The first-order valence-corrected chi connectivity index (χ1v) is 7.38. The Labute approximate surface area is 136 Å². The molecule has 1 aliphatic rings. The van der Waals surface area contributed by atoms with E-state index >= 15 is 0 Å². The van der Waals surface area contributed by atoms with E-state index in [1.54, 1.807) is 6.92 Å². The SMILES string of the molecule is CC1(C(=O)O)CCCN(C(=O)c2cc(Cl)ccc2OC(F)F)C1. The normalized spacial score (nSPS) is 21.3. The molecule has 8 heteroatoms. The third kappa shape index (κ3) is 3.90. The van der Waals surface area contributed by atoms with E-state index in [0.717, 1.165) is 0 Å². The highest BCUT2D eigenvalue weighted by Gasteiger charge is 2.40. The second-order valence-corrected chi connectivity index (χ2v) is 6.15. The zero-order valence-corrected chi connectivity index (χ0v) is 13.1. The van der Waals surface area contributed by atoms with Crippen molar-refractivity contribution in [2.45, 2.75) is 26.4 Å². The third-order valence-electron chi connectivity index (χ3n) is 3.89. The van der Waals surface area contributed by atoms with E-state index in [1.165, 1.54) is 23.1 Å². The molecular weight excluding hydrogens is 332 g/mol. The summed E-state index contributed by atoms with van der Waals surface area (Å²) in [7, 11) is 0. The van der Waals surface area contributed by atoms with Gasteiger partial charge in [0.25, 0.3) is 5.91 Å². The van der Waals surface area contributed by atoms with Crippen LogP contribution in [0.5, 0.6) is 5.75 Å². The molecule has 1 aromatic rings. The number of hydrogen-bond acceptors (Lipinski definition) is 3. The summed E-state index contributed by atoms with van der Waals surface area (Å²) < 4.78 is 29.3. The topological polar surface area (TPSA) is 66.8 Å². The van der Waals surface area contributed by atoms with Gasteiger partial charge in [-0.1, -0.05) is 11.6 Å². The summed E-state index contributed by atoms with van der Waals surface area (Å²) >= 11 is 5.83.